The van der Waals surface area contributed by atoms with E-state index < -0.39 is 5.97 Å². The van der Waals surface area contributed by atoms with Crippen LogP contribution in [0.2, 0.25) is 0 Å². The van der Waals surface area contributed by atoms with E-state index in [-0.39, 0.29) is 5.41 Å². The summed E-state index contributed by atoms with van der Waals surface area (Å²) in [4.78, 5) is 10.8. The zero-order chi connectivity index (χ0) is 10.0. The lowest BCUT2D eigenvalue weighted by Crippen LogP contribution is -2.39. The van der Waals surface area contributed by atoms with Gasteiger partial charge in [-0.25, -0.2) is 0 Å². The molecule has 2 heteroatoms. The molecule has 1 atom stereocenters. The fraction of sp³-hybridized carbons (Fsp3) is 0.750. The molecule has 0 bridgehead atoms. The van der Waals surface area contributed by atoms with Gasteiger partial charge in [-0.3, -0.25) is 4.79 Å². The van der Waals surface area contributed by atoms with Gasteiger partial charge < -0.3 is 5.11 Å². The Balaban J connectivity index is 2.03. The number of allylic oxidation sites excluding steroid dienone is 2. The first-order valence-electron chi connectivity index (χ1n) is 5.60. The second-order valence-electron chi connectivity index (χ2n) is 4.77. The first-order valence-corrected chi connectivity index (χ1v) is 5.60. The van der Waals surface area contributed by atoms with Crippen LogP contribution < -0.4 is 0 Å². The molecule has 1 fully saturated rings. The maximum Gasteiger partial charge on any atom is 0.303 e. The summed E-state index contributed by atoms with van der Waals surface area (Å²) in [6, 6.07) is 0. The number of aliphatic carboxylic acids is 1. The Kier molecular flexibility index (Phi) is 2.62. The van der Waals surface area contributed by atoms with Crippen LogP contribution in [0, 0.1) is 11.3 Å². The van der Waals surface area contributed by atoms with Gasteiger partial charge in [-0.1, -0.05) is 18.6 Å². The molecule has 1 N–H and O–H groups in total. The molecule has 1 unspecified atom stereocenters. The van der Waals surface area contributed by atoms with Gasteiger partial charge in [0.15, 0.2) is 0 Å². The van der Waals surface area contributed by atoms with E-state index in [9.17, 15) is 4.79 Å². The summed E-state index contributed by atoms with van der Waals surface area (Å²) in [6.07, 6.45) is 11.8. The van der Waals surface area contributed by atoms with Crippen molar-refractivity contribution in [3.8, 4) is 0 Å². The van der Waals surface area contributed by atoms with Crippen molar-refractivity contribution in [2.45, 2.75) is 44.9 Å². The summed E-state index contributed by atoms with van der Waals surface area (Å²) in [5.74, 6) is 0.0246. The Hall–Kier alpha value is -0.790. The van der Waals surface area contributed by atoms with Crippen LogP contribution in [-0.4, -0.2) is 11.1 Å². The highest BCUT2D eigenvalue weighted by Gasteiger charge is 2.44. The molecule has 1 saturated carbocycles. The first-order chi connectivity index (χ1) is 6.73. The Morgan fingerprint density at radius 2 is 2.21 bits per heavy atom. The fourth-order valence-electron chi connectivity index (χ4n) is 3.01. The predicted octanol–water partition coefficient (Wildman–Crippen LogP) is 2.99. The minimum absolute atomic E-state index is 0.163. The molecule has 0 spiro atoms. The van der Waals surface area contributed by atoms with Crippen molar-refractivity contribution < 1.29 is 9.90 Å². The molecule has 2 rings (SSSR count). The highest BCUT2D eigenvalue weighted by atomic mass is 16.4. The summed E-state index contributed by atoms with van der Waals surface area (Å²) in [6.45, 7) is 0. The lowest BCUT2D eigenvalue weighted by Gasteiger charge is -2.47. The fourth-order valence-corrected chi connectivity index (χ4v) is 3.01. The molecule has 14 heavy (non-hydrogen) atoms. The molecule has 0 aromatic carbocycles. The quantitative estimate of drug-likeness (QED) is 0.701. The summed E-state index contributed by atoms with van der Waals surface area (Å²) in [5.41, 5.74) is 0.163. The molecule has 0 saturated heterocycles. The van der Waals surface area contributed by atoms with Crippen LogP contribution in [-0.2, 0) is 4.79 Å². The van der Waals surface area contributed by atoms with Crippen molar-refractivity contribution in [1.29, 1.82) is 0 Å². The monoisotopic (exact) mass is 194 g/mol. The highest BCUT2D eigenvalue weighted by molar-refractivity contribution is 5.68. The van der Waals surface area contributed by atoms with E-state index in [0.29, 0.717) is 12.3 Å². The third-order valence-electron chi connectivity index (χ3n) is 3.99. The van der Waals surface area contributed by atoms with Crippen LogP contribution >= 0.6 is 0 Å². The van der Waals surface area contributed by atoms with Gasteiger partial charge in [0.2, 0.25) is 0 Å². The highest BCUT2D eigenvalue weighted by Crippen LogP contribution is 2.53. The number of hydrogen-bond acceptors (Lipinski definition) is 1. The molecule has 0 amide bonds. The Labute approximate surface area is 85.0 Å². The molecule has 0 aliphatic heterocycles. The Bertz CT molecular complexity index is 251. The zero-order valence-electron chi connectivity index (χ0n) is 8.54. The summed E-state index contributed by atoms with van der Waals surface area (Å²) >= 11 is 0. The van der Waals surface area contributed by atoms with E-state index in [1.165, 1.54) is 12.8 Å². The van der Waals surface area contributed by atoms with Crippen LogP contribution in [0.15, 0.2) is 12.2 Å². The van der Waals surface area contributed by atoms with E-state index in [2.05, 4.69) is 12.2 Å². The molecule has 0 radical (unpaired) electrons. The maximum atomic E-state index is 10.8. The van der Waals surface area contributed by atoms with Gasteiger partial charge in [-0.2, -0.15) is 0 Å². The number of rotatable bonds is 3. The van der Waals surface area contributed by atoms with Crippen LogP contribution in [0.4, 0.5) is 0 Å². The molecule has 78 valence electrons. The topological polar surface area (TPSA) is 37.3 Å². The molecular formula is C12H18O2. The van der Waals surface area contributed by atoms with Gasteiger partial charge in [0.1, 0.15) is 0 Å². The third-order valence-corrected chi connectivity index (χ3v) is 3.99. The smallest absolute Gasteiger partial charge is 0.303 e. The van der Waals surface area contributed by atoms with Crippen molar-refractivity contribution >= 4 is 5.97 Å². The third kappa shape index (κ3) is 1.70. The van der Waals surface area contributed by atoms with Crippen LogP contribution in [0.5, 0.6) is 0 Å². The molecular weight excluding hydrogens is 176 g/mol. The summed E-state index contributed by atoms with van der Waals surface area (Å²) < 4.78 is 0. The minimum atomic E-state index is -0.612. The molecule has 2 aliphatic rings. The number of carboxylic acid groups (broad SMARTS) is 1. The van der Waals surface area contributed by atoms with E-state index in [0.717, 1.165) is 25.7 Å². The molecule has 0 aromatic heterocycles. The van der Waals surface area contributed by atoms with Gasteiger partial charge in [0.05, 0.1) is 6.42 Å². The number of carboxylic acids is 1. The lowest BCUT2D eigenvalue weighted by atomic mass is 9.57. The predicted molar refractivity (Wildman–Crippen MR) is 55.0 cm³/mol. The van der Waals surface area contributed by atoms with E-state index in [1.54, 1.807) is 0 Å². The Morgan fingerprint density at radius 3 is 2.64 bits per heavy atom. The average Bonchev–Trinajstić information content (AvgIpc) is 2.12. The normalized spacial score (nSPS) is 29.6. The SMILES string of the molecule is O=C(O)CC1(C2CC=CCC2)CCC1. The maximum absolute atomic E-state index is 10.8. The molecule has 2 aliphatic carbocycles. The molecule has 0 heterocycles. The van der Waals surface area contributed by atoms with Crippen molar-refractivity contribution in [1.82, 2.24) is 0 Å². The Morgan fingerprint density at radius 1 is 1.43 bits per heavy atom. The largest absolute Gasteiger partial charge is 0.481 e. The minimum Gasteiger partial charge on any atom is -0.481 e. The van der Waals surface area contributed by atoms with E-state index in [4.69, 9.17) is 5.11 Å². The van der Waals surface area contributed by atoms with Crippen molar-refractivity contribution in [3.05, 3.63) is 12.2 Å². The van der Waals surface area contributed by atoms with Crippen LogP contribution in [0.25, 0.3) is 0 Å². The van der Waals surface area contributed by atoms with E-state index in [1.807, 2.05) is 0 Å². The second-order valence-corrected chi connectivity index (χ2v) is 4.77. The van der Waals surface area contributed by atoms with Crippen molar-refractivity contribution in [2.75, 3.05) is 0 Å². The summed E-state index contributed by atoms with van der Waals surface area (Å²) in [7, 11) is 0. The number of hydrogen-bond donors (Lipinski definition) is 1. The number of carbonyl (C=O) groups is 1. The van der Waals surface area contributed by atoms with Gasteiger partial charge in [0.25, 0.3) is 0 Å². The zero-order valence-corrected chi connectivity index (χ0v) is 8.54. The van der Waals surface area contributed by atoms with Gasteiger partial charge >= 0.3 is 5.97 Å². The van der Waals surface area contributed by atoms with Crippen LogP contribution in [0.1, 0.15) is 44.9 Å². The van der Waals surface area contributed by atoms with Gasteiger partial charge in [0, 0.05) is 0 Å². The van der Waals surface area contributed by atoms with Gasteiger partial charge in [-0.05, 0) is 43.4 Å². The van der Waals surface area contributed by atoms with E-state index >= 15 is 0 Å². The molecule has 0 aromatic rings. The van der Waals surface area contributed by atoms with Gasteiger partial charge in [-0.15, -0.1) is 0 Å². The summed E-state index contributed by atoms with van der Waals surface area (Å²) in [5, 5.41) is 8.93. The van der Waals surface area contributed by atoms with Crippen molar-refractivity contribution in [3.63, 3.8) is 0 Å². The second kappa shape index (κ2) is 3.76. The molecule has 2 nitrogen and oxygen atoms in total. The first kappa shape index (κ1) is 9.75. The average molecular weight is 194 g/mol. The van der Waals surface area contributed by atoms with Crippen molar-refractivity contribution in [2.24, 2.45) is 11.3 Å². The lowest BCUT2D eigenvalue weighted by molar-refractivity contribution is -0.143. The van der Waals surface area contributed by atoms with Crippen LogP contribution in [0.3, 0.4) is 0 Å². The standard InChI is InChI=1S/C12H18O2/c13-11(14)9-12(7-4-8-12)10-5-2-1-3-6-10/h1-2,10H,3-9H2,(H,13,14).